The van der Waals surface area contributed by atoms with E-state index in [1.54, 1.807) is 7.11 Å². The van der Waals surface area contributed by atoms with Gasteiger partial charge in [-0.1, -0.05) is 13.8 Å². The number of aromatic nitrogens is 3. The topological polar surface area (TPSA) is 133 Å². The summed E-state index contributed by atoms with van der Waals surface area (Å²) in [6, 6.07) is 8.09. The van der Waals surface area contributed by atoms with Crippen molar-refractivity contribution in [1.29, 1.82) is 0 Å². The van der Waals surface area contributed by atoms with Gasteiger partial charge in [0.05, 0.1) is 35.6 Å². The molecule has 1 atom stereocenters. The molecule has 206 valence electrons. The summed E-state index contributed by atoms with van der Waals surface area (Å²) in [6.07, 6.45) is 2.39. The number of rotatable bonds is 7. The lowest BCUT2D eigenvalue weighted by Crippen LogP contribution is -2.31. The number of aromatic carboxylic acids is 1. The number of hydrogen-bond donors (Lipinski definition) is 3. The number of benzene rings is 1. The van der Waals surface area contributed by atoms with Gasteiger partial charge in [-0.05, 0) is 45.6 Å². The predicted octanol–water partition coefficient (Wildman–Crippen LogP) is 3.78. The van der Waals surface area contributed by atoms with E-state index in [2.05, 4.69) is 53.0 Å². The Balaban J connectivity index is 1.49. The summed E-state index contributed by atoms with van der Waals surface area (Å²) < 4.78 is 5.70. The fourth-order valence-electron chi connectivity index (χ4n) is 5.43. The summed E-state index contributed by atoms with van der Waals surface area (Å²) in [6.45, 7) is 8.46. The van der Waals surface area contributed by atoms with Crippen LogP contribution in [0.25, 0.3) is 0 Å². The molecule has 0 bridgehead atoms. The number of anilines is 6. The van der Waals surface area contributed by atoms with E-state index in [1.807, 2.05) is 36.1 Å². The summed E-state index contributed by atoms with van der Waals surface area (Å²) in [7, 11) is 5.79. The Morgan fingerprint density at radius 2 is 2.00 bits per heavy atom. The number of carbonyl (C=O) groups is 1. The Bertz CT molecular complexity index is 1420. The zero-order valence-corrected chi connectivity index (χ0v) is 23.3. The lowest BCUT2D eigenvalue weighted by molar-refractivity contribution is 0.0697. The molecule has 0 unspecified atom stereocenters. The van der Waals surface area contributed by atoms with Crippen molar-refractivity contribution in [2.75, 3.05) is 61.7 Å². The molecule has 1 aromatic carbocycles. The van der Waals surface area contributed by atoms with Crippen molar-refractivity contribution < 1.29 is 14.6 Å². The van der Waals surface area contributed by atoms with Crippen LogP contribution in [0.1, 0.15) is 42.0 Å². The predicted molar refractivity (Wildman–Crippen MR) is 153 cm³/mol. The quantitative estimate of drug-likeness (QED) is 0.384. The maximum Gasteiger partial charge on any atom is 0.341 e. The third-order valence-electron chi connectivity index (χ3n) is 7.58. The van der Waals surface area contributed by atoms with E-state index in [4.69, 9.17) is 15.5 Å². The third kappa shape index (κ3) is 4.89. The number of ether oxygens (including phenoxy) is 1. The van der Waals surface area contributed by atoms with Crippen molar-refractivity contribution in [3.8, 4) is 5.75 Å². The first kappa shape index (κ1) is 26.5. The third-order valence-corrected chi connectivity index (χ3v) is 7.58. The van der Waals surface area contributed by atoms with Crippen molar-refractivity contribution in [2.45, 2.75) is 38.6 Å². The first-order valence-electron chi connectivity index (χ1n) is 13.0. The van der Waals surface area contributed by atoms with E-state index in [9.17, 15) is 9.90 Å². The molecule has 4 heterocycles. The van der Waals surface area contributed by atoms with Gasteiger partial charge < -0.3 is 35.6 Å². The lowest BCUT2D eigenvalue weighted by Gasteiger charge is -2.25. The van der Waals surface area contributed by atoms with Gasteiger partial charge in [0.1, 0.15) is 11.3 Å². The largest absolute Gasteiger partial charge is 0.494 e. The van der Waals surface area contributed by atoms with Crippen molar-refractivity contribution in [3.63, 3.8) is 0 Å². The molecule has 2 aliphatic heterocycles. The molecule has 39 heavy (non-hydrogen) atoms. The molecule has 0 spiro atoms. The minimum atomic E-state index is -1.10. The highest BCUT2D eigenvalue weighted by Crippen LogP contribution is 2.44. The van der Waals surface area contributed by atoms with Crippen LogP contribution in [0.2, 0.25) is 0 Å². The van der Waals surface area contributed by atoms with E-state index >= 15 is 0 Å². The molecule has 0 aliphatic carbocycles. The summed E-state index contributed by atoms with van der Waals surface area (Å²) in [4.78, 5) is 32.3. The molecule has 0 amide bonds. The van der Waals surface area contributed by atoms with Crippen molar-refractivity contribution in [3.05, 3.63) is 47.4 Å². The number of nitrogens with one attached hydrogen (secondary N) is 1. The van der Waals surface area contributed by atoms with Crippen LogP contribution in [-0.2, 0) is 5.41 Å². The molecular formula is C28H36N8O3. The van der Waals surface area contributed by atoms with E-state index in [1.165, 1.54) is 6.20 Å². The number of carboxylic acid groups (broad SMARTS) is 1. The number of aryl methyl sites for hydroxylation is 1. The zero-order chi connectivity index (χ0) is 28.1. The van der Waals surface area contributed by atoms with Gasteiger partial charge >= 0.3 is 5.97 Å². The monoisotopic (exact) mass is 532 g/mol. The second-order valence-corrected chi connectivity index (χ2v) is 11.1. The Morgan fingerprint density at radius 3 is 2.67 bits per heavy atom. The maximum atomic E-state index is 12.2. The Morgan fingerprint density at radius 1 is 1.23 bits per heavy atom. The van der Waals surface area contributed by atoms with E-state index < -0.39 is 5.97 Å². The van der Waals surface area contributed by atoms with Gasteiger partial charge in [-0.2, -0.15) is 4.98 Å². The second-order valence-electron chi connectivity index (χ2n) is 11.1. The highest BCUT2D eigenvalue weighted by Gasteiger charge is 2.39. The van der Waals surface area contributed by atoms with Crippen LogP contribution in [-0.4, -0.2) is 77.8 Å². The van der Waals surface area contributed by atoms with Gasteiger partial charge in [0.2, 0.25) is 5.95 Å². The highest BCUT2D eigenvalue weighted by molar-refractivity contribution is 5.95. The average Bonchev–Trinajstić information content (AvgIpc) is 3.47. The minimum absolute atomic E-state index is 0.0103. The van der Waals surface area contributed by atoms with Crippen LogP contribution >= 0.6 is 0 Å². The molecular weight excluding hydrogens is 496 g/mol. The van der Waals surface area contributed by atoms with E-state index in [0.29, 0.717) is 35.5 Å². The average molecular weight is 533 g/mol. The van der Waals surface area contributed by atoms with Crippen LogP contribution in [0, 0.1) is 6.92 Å². The Labute approximate surface area is 228 Å². The normalized spacial score (nSPS) is 18.0. The molecule has 5 rings (SSSR count). The number of likely N-dealkylation sites (N-methyl/N-ethyl adjacent to an activating group) is 1. The van der Waals surface area contributed by atoms with Gasteiger partial charge in [0.15, 0.2) is 5.82 Å². The maximum absolute atomic E-state index is 12.2. The number of nitrogen functional groups attached to an aromatic ring is 1. The van der Waals surface area contributed by atoms with Crippen LogP contribution < -0.4 is 25.6 Å². The summed E-state index contributed by atoms with van der Waals surface area (Å²) in [5.41, 5.74) is 11.0. The molecule has 11 heteroatoms. The molecule has 11 nitrogen and oxygen atoms in total. The van der Waals surface area contributed by atoms with Crippen LogP contribution in [0.3, 0.4) is 0 Å². The molecule has 0 radical (unpaired) electrons. The molecule has 1 saturated heterocycles. The number of fused-ring (bicyclic) bond motifs is 1. The molecule has 4 N–H and O–H groups in total. The lowest BCUT2D eigenvalue weighted by atomic mass is 9.91. The van der Waals surface area contributed by atoms with Crippen LogP contribution in [0.4, 0.5) is 34.5 Å². The number of methoxy groups -OCH3 is 1. The Kier molecular flexibility index (Phi) is 6.71. The first-order chi connectivity index (χ1) is 18.5. The molecule has 0 saturated carbocycles. The summed E-state index contributed by atoms with van der Waals surface area (Å²) in [5, 5.41) is 13.2. The van der Waals surface area contributed by atoms with Crippen LogP contribution in [0.15, 0.2) is 30.5 Å². The standard InChI is InChI=1S/C28H36N8O3/c1-16-7-8-21-24(31-16)28(2,3)15-36(21)25-18(26(37)38)13-30-27(33-25)32-20-11-19(29)22(12-23(20)39-6)35-10-9-17(14-35)34(4)5/h7-8,11-13,17H,9-10,14-15,29H2,1-6H3,(H,37,38)(H,30,32,33)/t17-/m1/s1. The van der Waals surface area contributed by atoms with E-state index in [0.717, 1.165) is 42.3 Å². The first-order valence-corrected chi connectivity index (χ1v) is 13.0. The summed E-state index contributed by atoms with van der Waals surface area (Å²) in [5.74, 6) is 0.0245. The van der Waals surface area contributed by atoms with Crippen molar-refractivity contribution in [2.24, 2.45) is 0 Å². The van der Waals surface area contributed by atoms with Gasteiger partial charge in [-0.3, -0.25) is 4.98 Å². The molecule has 2 aliphatic rings. The van der Waals surface area contributed by atoms with Gasteiger partial charge in [0, 0.05) is 49.0 Å². The SMILES string of the molecule is COc1cc(N2CC[C@@H](N(C)C)C2)c(N)cc1Nc1ncc(C(=O)O)c(N2CC(C)(C)c3nc(C)ccc32)n1. The summed E-state index contributed by atoms with van der Waals surface area (Å²) >= 11 is 0. The number of hydrogen-bond acceptors (Lipinski definition) is 10. The number of nitrogens with two attached hydrogens (primary N) is 1. The van der Waals surface area contributed by atoms with Crippen LogP contribution in [0.5, 0.6) is 5.75 Å². The Hall–Kier alpha value is -4.12. The van der Waals surface area contributed by atoms with Gasteiger partial charge in [0.25, 0.3) is 0 Å². The number of carboxylic acids is 1. The minimum Gasteiger partial charge on any atom is -0.494 e. The fraction of sp³-hybridized carbons (Fsp3) is 0.429. The van der Waals surface area contributed by atoms with E-state index in [-0.39, 0.29) is 16.9 Å². The van der Waals surface area contributed by atoms with Crippen molar-refractivity contribution in [1.82, 2.24) is 19.9 Å². The smallest absolute Gasteiger partial charge is 0.341 e. The fourth-order valence-corrected chi connectivity index (χ4v) is 5.43. The number of nitrogens with zero attached hydrogens (tertiary/aromatic N) is 6. The molecule has 1 fully saturated rings. The molecule has 3 aromatic rings. The van der Waals surface area contributed by atoms with Crippen molar-refractivity contribution >= 4 is 40.5 Å². The highest BCUT2D eigenvalue weighted by atomic mass is 16.5. The van der Waals surface area contributed by atoms with Gasteiger partial charge in [-0.15, -0.1) is 0 Å². The van der Waals surface area contributed by atoms with Gasteiger partial charge in [-0.25, -0.2) is 9.78 Å². The number of pyridine rings is 1. The molecule has 2 aromatic heterocycles. The second kappa shape index (κ2) is 9.88. The zero-order valence-electron chi connectivity index (χ0n) is 23.3.